The number of halogens is 3. The third-order valence-corrected chi connectivity index (χ3v) is 8.52. The molecule has 1 aromatic carbocycles. The van der Waals surface area contributed by atoms with Gasteiger partial charge in [0.1, 0.15) is 17.4 Å². The number of hydrazine groups is 1. The summed E-state index contributed by atoms with van der Waals surface area (Å²) >= 11 is 0. The highest BCUT2D eigenvalue weighted by Crippen LogP contribution is 2.38. The van der Waals surface area contributed by atoms with Gasteiger partial charge in [-0.15, -0.1) is 0 Å². The van der Waals surface area contributed by atoms with Crippen LogP contribution in [0.25, 0.3) is 0 Å². The van der Waals surface area contributed by atoms with Crippen LogP contribution in [0.5, 0.6) is 11.6 Å². The molecule has 4 rings (SSSR count). The maximum absolute atomic E-state index is 13.8. The number of carbonyl (C=O) groups is 1. The summed E-state index contributed by atoms with van der Waals surface area (Å²) < 4.78 is 77.7. The Balaban J connectivity index is 0.00000484. The minimum atomic E-state index is -4.80. The van der Waals surface area contributed by atoms with Crippen molar-refractivity contribution >= 4 is 27.6 Å². The molecule has 2 heterocycles. The van der Waals surface area contributed by atoms with Crippen LogP contribution < -0.4 is 20.2 Å². The number of methoxy groups -OCH3 is 1. The van der Waals surface area contributed by atoms with Gasteiger partial charge in [-0.2, -0.15) is 22.5 Å². The van der Waals surface area contributed by atoms with Crippen molar-refractivity contribution in [2.75, 3.05) is 59.0 Å². The molecule has 0 unspecified atom stereocenters. The van der Waals surface area contributed by atoms with E-state index in [0.717, 1.165) is 23.7 Å². The number of benzene rings is 1. The van der Waals surface area contributed by atoms with E-state index in [0.29, 0.717) is 49.8 Å². The van der Waals surface area contributed by atoms with E-state index in [4.69, 9.17) is 9.47 Å². The van der Waals surface area contributed by atoms with Gasteiger partial charge in [-0.3, -0.25) is 10.2 Å². The topological polar surface area (TPSA) is 129 Å². The summed E-state index contributed by atoms with van der Waals surface area (Å²) in [6, 6.07) is 3.94. The van der Waals surface area contributed by atoms with Gasteiger partial charge in [-0.05, 0) is 44.5 Å². The molecule has 0 bridgehead atoms. The predicted octanol–water partition coefficient (Wildman–Crippen LogP) is 2.97. The second-order valence-electron chi connectivity index (χ2n) is 10.1. The molecule has 1 aromatic heterocycles. The van der Waals surface area contributed by atoms with Crippen LogP contribution in [-0.4, -0.2) is 104 Å². The van der Waals surface area contributed by atoms with Crippen LogP contribution in [-0.2, 0) is 16.2 Å². The fourth-order valence-electron chi connectivity index (χ4n) is 4.74. The molecular weight excluding hydrogens is 579 g/mol. The Bertz CT molecular complexity index is 1350. The summed E-state index contributed by atoms with van der Waals surface area (Å²) in [6.07, 6.45) is -2.60. The number of nitrogens with zero attached hydrogens (tertiary/aromatic N) is 5. The molecule has 1 saturated heterocycles. The quantitative estimate of drug-likeness (QED) is 0.433. The highest BCUT2D eigenvalue weighted by molar-refractivity contribution is 7.88. The zero-order chi connectivity index (χ0) is 29.9. The van der Waals surface area contributed by atoms with Crippen LogP contribution in [0.4, 0.5) is 24.8 Å². The molecule has 2 atom stereocenters. The molecule has 0 spiro atoms. The van der Waals surface area contributed by atoms with E-state index in [-0.39, 0.29) is 25.0 Å². The van der Waals surface area contributed by atoms with Crippen molar-refractivity contribution in [3.05, 3.63) is 35.5 Å². The van der Waals surface area contributed by atoms with Gasteiger partial charge in [0.05, 0.1) is 25.1 Å². The van der Waals surface area contributed by atoms with E-state index in [1.54, 1.807) is 6.07 Å². The normalized spacial score (nSPS) is 20.2. The SMILES string of the molecule is C.COc1cc(C(=O)NN2CCN(C)CC2)ccc1Nc1ncc(C(F)(F)F)c(O[C@@H]2CCC[C@H]2N(C)S(C)(=O)=O)n1. The molecular formula is C26H38F3N7O5S. The minimum Gasteiger partial charge on any atom is -0.495 e. The predicted molar refractivity (Wildman–Crippen MR) is 151 cm³/mol. The molecule has 2 aliphatic rings. The summed E-state index contributed by atoms with van der Waals surface area (Å²) in [5.41, 5.74) is 2.32. The molecule has 1 aliphatic heterocycles. The van der Waals surface area contributed by atoms with E-state index in [9.17, 15) is 26.4 Å². The molecule has 1 saturated carbocycles. The number of sulfonamides is 1. The maximum atomic E-state index is 13.8. The molecule has 234 valence electrons. The van der Waals surface area contributed by atoms with Gasteiger partial charge in [-0.1, -0.05) is 7.43 Å². The fourth-order valence-corrected chi connectivity index (χ4v) is 5.48. The number of ether oxygens (including phenoxy) is 2. The van der Waals surface area contributed by atoms with Crippen molar-refractivity contribution in [1.29, 1.82) is 0 Å². The van der Waals surface area contributed by atoms with E-state index in [1.165, 1.54) is 26.3 Å². The Hall–Kier alpha value is -3.21. The Kier molecular flexibility index (Phi) is 10.6. The van der Waals surface area contributed by atoms with Crippen molar-refractivity contribution in [3.63, 3.8) is 0 Å². The molecule has 12 nitrogen and oxygen atoms in total. The molecule has 42 heavy (non-hydrogen) atoms. The van der Waals surface area contributed by atoms with E-state index in [2.05, 4.69) is 25.6 Å². The first kappa shape index (κ1) is 33.3. The van der Waals surface area contributed by atoms with Gasteiger partial charge in [0.15, 0.2) is 0 Å². The lowest BCUT2D eigenvalue weighted by Gasteiger charge is -2.32. The van der Waals surface area contributed by atoms with Gasteiger partial charge >= 0.3 is 6.18 Å². The fraction of sp³-hybridized carbons (Fsp3) is 0.577. The van der Waals surface area contributed by atoms with E-state index < -0.39 is 39.8 Å². The van der Waals surface area contributed by atoms with E-state index in [1.807, 2.05) is 12.1 Å². The molecule has 0 radical (unpaired) electrons. The van der Waals surface area contributed by atoms with Crippen molar-refractivity contribution in [3.8, 4) is 11.6 Å². The van der Waals surface area contributed by atoms with Crippen LogP contribution in [0, 0.1) is 0 Å². The van der Waals surface area contributed by atoms with Gasteiger partial charge in [0.25, 0.3) is 5.91 Å². The van der Waals surface area contributed by atoms with Gasteiger partial charge < -0.3 is 19.7 Å². The van der Waals surface area contributed by atoms with Crippen LogP contribution in [0.2, 0.25) is 0 Å². The molecule has 1 aliphatic carbocycles. The first-order valence-corrected chi connectivity index (χ1v) is 14.8. The van der Waals surface area contributed by atoms with Crippen LogP contribution in [0.3, 0.4) is 0 Å². The number of piperazine rings is 1. The Morgan fingerprint density at radius 2 is 1.86 bits per heavy atom. The number of alkyl halides is 3. The third kappa shape index (κ3) is 7.99. The first-order valence-electron chi connectivity index (χ1n) is 13.0. The summed E-state index contributed by atoms with van der Waals surface area (Å²) in [4.78, 5) is 22.7. The average Bonchev–Trinajstić information content (AvgIpc) is 3.36. The van der Waals surface area contributed by atoms with Gasteiger partial charge in [0.2, 0.25) is 21.9 Å². The number of nitrogens with one attached hydrogen (secondary N) is 2. The van der Waals surface area contributed by atoms with Crippen LogP contribution in [0.15, 0.2) is 24.4 Å². The average molecular weight is 618 g/mol. The second kappa shape index (κ2) is 13.4. The number of aromatic nitrogens is 2. The smallest absolute Gasteiger partial charge is 0.423 e. The highest BCUT2D eigenvalue weighted by Gasteiger charge is 2.40. The molecule has 16 heteroatoms. The number of hydrogen-bond acceptors (Lipinski definition) is 10. The molecule has 2 aromatic rings. The lowest BCUT2D eigenvalue weighted by Crippen LogP contribution is -2.52. The number of hydrogen-bond donors (Lipinski definition) is 2. The van der Waals surface area contributed by atoms with Gasteiger partial charge in [0, 0.05) is 45.0 Å². The monoisotopic (exact) mass is 617 g/mol. The number of rotatable bonds is 9. The molecule has 2 N–H and O–H groups in total. The lowest BCUT2D eigenvalue weighted by atomic mass is 10.1. The van der Waals surface area contributed by atoms with Gasteiger partial charge in [-0.25, -0.2) is 18.4 Å². The van der Waals surface area contributed by atoms with Crippen molar-refractivity contribution < 1.29 is 35.9 Å². The first-order chi connectivity index (χ1) is 19.3. The number of amides is 1. The number of likely N-dealkylation sites (N-methyl/N-ethyl adjacent to an activating group) is 2. The maximum Gasteiger partial charge on any atom is 0.423 e. The van der Waals surface area contributed by atoms with Crippen molar-refractivity contribution in [2.45, 2.75) is 45.0 Å². The summed E-state index contributed by atoms with van der Waals surface area (Å²) in [7, 11) is 1.19. The summed E-state index contributed by atoms with van der Waals surface area (Å²) in [6.45, 7) is 3.00. The third-order valence-electron chi connectivity index (χ3n) is 7.20. The minimum absolute atomic E-state index is 0. The lowest BCUT2D eigenvalue weighted by molar-refractivity contribution is -0.140. The van der Waals surface area contributed by atoms with Crippen molar-refractivity contribution in [1.82, 2.24) is 29.6 Å². The zero-order valence-electron chi connectivity index (χ0n) is 23.2. The summed E-state index contributed by atoms with van der Waals surface area (Å²) in [5.74, 6) is -0.999. The zero-order valence-corrected chi connectivity index (χ0v) is 24.0. The molecule has 1 amide bonds. The number of anilines is 2. The number of carbonyl (C=O) groups excluding carboxylic acids is 1. The Morgan fingerprint density at radius 3 is 2.48 bits per heavy atom. The Labute approximate surface area is 244 Å². The largest absolute Gasteiger partial charge is 0.495 e. The standard InChI is InChI=1S/C25H34F3N7O5S.CH4/c1-33-10-12-35(13-11-33)32-22(36)16-8-9-18(21(14-16)39-3)30-24-29-15-17(25(26,27)28)23(31-24)40-20-7-5-6-19(20)34(2)41(4,37)38;/h8-9,14-15,19-20H,5-7,10-13H2,1-4H3,(H,32,36)(H,29,30,31);1H4/t19-,20-;/m1./s1. The van der Waals surface area contributed by atoms with E-state index >= 15 is 0 Å². The van der Waals surface area contributed by atoms with Crippen molar-refractivity contribution in [2.24, 2.45) is 0 Å². The second-order valence-corrected chi connectivity index (χ2v) is 12.2. The van der Waals surface area contributed by atoms with Crippen LogP contribution >= 0.6 is 0 Å². The molecule has 2 fully saturated rings. The Morgan fingerprint density at radius 1 is 1.17 bits per heavy atom. The van der Waals surface area contributed by atoms with Crippen LogP contribution in [0.1, 0.15) is 42.6 Å². The highest BCUT2D eigenvalue weighted by atomic mass is 32.2. The summed E-state index contributed by atoms with van der Waals surface area (Å²) in [5, 5.41) is 4.66.